The number of ether oxygens (including phenoxy) is 2. The first-order valence-corrected chi connectivity index (χ1v) is 13.1. The highest BCUT2D eigenvalue weighted by Crippen LogP contribution is 2.38. The molecule has 38 heavy (non-hydrogen) atoms. The summed E-state index contributed by atoms with van der Waals surface area (Å²) in [6, 6.07) is 20.3. The molecule has 3 heterocycles. The van der Waals surface area contributed by atoms with Gasteiger partial charge in [-0.25, -0.2) is 4.79 Å². The first kappa shape index (κ1) is 24.2. The zero-order chi connectivity index (χ0) is 26.2. The number of hydrogen-bond acceptors (Lipinski definition) is 4. The van der Waals surface area contributed by atoms with Gasteiger partial charge in [0.25, 0.3) is 0 Å². The van der Waals surface area contributed by atoms with Gasteiger partial charge in [-0.3, -0.25) is 4.68 Å². The molecule has 0 bridgehead atoms. The van der Waals surface area contributed by atoms with Crippen molar-refractivity contribution in [1.82, 2.24) is 14.3 Å². The van der Waals surface area contributed by atoms with Crippen LogP contribution in [0.1, 0.15) is 40.3 Å². The molecule has 7 nitrogen and oxygen atoms in total. The van der Waals surface area contributed by atoms with E-state index in [1.807, 2.05) is 65.7 Å². The minimum Gasteiger partial charge on any atom is -0.493 e. The van der Waals surface area contributed by atoms with Crippen LogP contribution < -0.4 is 4.74 Å². The van der Waals surface area contributed by atoms with Gasteiger partial charge in [-0.15, -0.1) is 0 Å². The molecule has 0 aliphatic carbocycles. The number of carbonyl (C=O) groups is 1. The summed E-state index contributed by atoms with van der Waals surface area (Å²) in [7, 11) is 1.94. The zero-order valence-corrected chi connectivity index (χ0v) is 21.7. The first-order chi connectivity index (χ1) is 18.5. The van der Waals surface area contributed by atoms with E-state index in [0.29, 0.717) is 38.5 Å². The van der Waals surface area contributed by atoms with Gasteiger partial charge in [-0.2, -0.15) is 5.10 Å². The standard InChI is InChI=1S/C31H31N3O4/c1-20-28-26-11-7-10-24-25(14-17-38-23-13-12-21-8-3-4-9-22(21)18-23)30(31(35)36)34(29(24)26)15-5-6-16-37-19-27(28)32-33(20)2/h3-4,7-13,18H,5-6,14-17,19H2,1-2H3,(H,35,36). The fourth-order valence-corrected chi connectivity index (χ4v) is 5.70. The van der Waals surface area contributed by atoms with Crippen LogP contribution in [0.25, 0.3) is 32.8 Å². The molecule has 0 fully saturated rings. The van der Waals surface area contributed by atoms with Gasteiger partial charge in [0.1, 0.15) is 11.4 Å². The molecule has 1 aliphatic rings. The largest absolute Gasteiger partial charge is 0.493 e. The van der Waals surface area contributed by atoms with Crippen LogP contribution in [0.5, 0.6) is 5.75 Å². The van der Waals surface area contributed by atoms with E-state index >= 15 is 0 Å². The van der Waals surface area contributed by atoms with Crippen LogP contribution in [0.4, 0.5) is 0 Å². The maximum absolute atomic E-state index is 12.7. The Morgan fingerprint density at radius 1 is 1.08 bits per heavy atom. The molecule has 3 aromatic carbocycles. The van der Waals surface area contributed by atoms with Crippen LogP contribution in [-0.2, 0) is 31.4 Å². The van der Waals surface area contributed by atoms with Crippen molar-refractivity contribution in [2.24, 2.45) is 7.05 Å². The molecule has 1 N–H and O–H groups in total. The number of fused-ring (bicyclic) bond motifs is 3. The fourth-order valence-electron chi connectivity index (χ4n) is 5.70. The third-order valence-corrected chi connectivity index (χ3v) is 7.57. The number of aromatic carboxylic acids is 1. The maximum atomic E-state index is 12.7. The van der Waals surface area contributed by atoms with Gasteiger partial charge in [0, 0.05) is 48.8 Å². The summed E-state index contributed by atoms with van der Waals surface area (Å²) >= 11 is 0. The molecule has 0 spiro atoms. The molecule has 194 valence electrons. The lowest BCUT2D eigenvalue weighted by Gasteiger charge is -2.12. The van der Waals surface area contributed by atoms with E-state index in [9.17, 15) is 9.90 Å². The van der Waals surface area contributed by atoms with E-state index in [-0.39, 0.29) is 0 Å². The molecule has 0 saturated heterocycles. The second kappa shape index (κ2) is 9.99. The lowest BCUT2D eigenvalue weighted by molar-refractivity contribution is 0.0683. The van der Waals surface area contributed by atoms with Crippen molar-refractivity contribution in [1.29, 1.82) is 0 Å². The summed E-state index contributed by atoms with van der Waals surface area (Å²) in [5.74, 6) is -0.134. The smallest absolute Gasteiger partial charge is 0.352 e. The van der Waals surface area contributed by atoms with E-state index in [2.05, 4.69) is 18.2 Å². The normalized spacial score (nSPS) is 13.8. The quantitative estimate of drug-likeness (QED) is 0.308. The molecule has 0 saturated carbocycles. The van der Waals surface area contributed by atoms with Crippen LogP contribution in [0.3, 0.4) is 0 Å². The molecule has 7 heteroatoms. The molecule has 0 amide bonds. The molecule has 0 atom stereocenters. The average molecular weight is 510 g/mol. The van der Waals surface area contributed by atoms with Gasteiger partial charge in [0.05, 0.1) is 24.4 Å². The van der Waals surface area contributed by atoms with E-state index < -0.39 is 5.97 Å². The lowest BCUT2D eigenvalue weighted by atomic mass is 9.99. The zero-order valence-electron chi connectivity index (χ0n) is 21.7. The van der Waals surface area contributed by atoms with Gasteiger partial charge in [0.2, 0.25) is 0 Å². The number of carboxylic acid groups (broad SMARTS) is 1. The lowest BCUT2D eigenvalue weighted by Crippen LogP contribution is -2.13. The average Bonchev–Trinajstić information content (AvgIpc) is 3.38. The van der Waals surface area contributed by atoms with Gasteiger partial charge in [-0.1, -0.05) is 48.5 Å². The summed E-state index contributed by atoms with van der Waals surface area (Å²) in [4.78, 5) is 12.7. The minimum absolute atomic E-state index is 0.345. The SMILES string of the molecule is Cc1c2c(nn1C)COCCCCn1c(C(=O)O)c(CCOc3ccc4ccccc4c3)c3cccc-2c31. The monoisotopic (exact) mass is 509 g/mol. The summed E-state index contributed by atoms with van der Waals surface area (Å²) in [5, 5.41) is 18.4. The number of carboxylic acids is 1. The number of rotatable bonds is 5. The summed E-state index contributed by atoms with van der Waals surface area (Å²) in [6.45, 7) is 4.09. The number of nitrogens with zero attached hydrogens (tertiary/aromatic N) is 3. The number of aryl methyl sites for hydroxylation is 2. The molecule has 6 rings (SSSR count). The van der Waals surface area contributed by atoms with Crippen molar-refractivity contribution in [3.8, 4) is 16.9 Å². The highest BCUT2D eigenvalue weighted by molar-refractivity contribution is 6.04. The van der Waals surface area contributed by atoms with Crippen molar-refractivity contribution in [3.05, 3.63) is 83.3 Å². The molecular formula is C31H31N3O4. The molecular weight excluding hydrogens is 478 g/mol. The van der Waals surface area contributed by atoms with Crippen LogP contribution in [0.2, 0.25) is 0 Å². The van der Waals surface area contributed by atoms with Gasteiger partial charge in [0.15, 0.2) is 0 Å². The predicted octanol–water partition coefficient (Wildman–Crippen LogP) is 6.13. The molecule has 5 aromatic rings. The second-order valence-electron chi connectivity index (χ2n) is 9.88. The number of para-hydroxylation sites is 1. The third kappa shape index (κ3) is 4.23. The Morgan fingerprint density at radius 2 is 1.92 bits per heavy atom. The fraction of sp³-hybridized carbons (Fsp3) is 0.290. The van der Waals surface area contributed by atoms with Crippen LogP contribution >= 0.6 is 0 Å². The number of hydrogen-bond donors (Lipinski definition) is 1. The van der Waals surface area contributed by atoms with Crippen molar-refractivity contribution in [2.45, 2.75) is 39.3 Å². The van der Waals surface area contributed by atoms with Crippen LogP contribution in [-0.4, -0.2) is 38.6 Å². The Kier molecular flexibility index (Phi) is 6.37. The Labute approximate surface area is 221 Å². The number of benzene rings is 3. The maximum Gasteiger partial charge on any atom is 0.352 e. The van der Waals surface area contributed by atoms with Crippen molar-refractivity contribution >= 4 is 27.6 Å². The van der Waals surface area contributed by atoms with Crippen LogP contribution in [0.15, 0.2) is 60.7 Å². The van der Waals surface area contributed by atoms with Crippen molar-refractivity contribution in [3.63, 3.8) is 0 Å². The van der Waals surface area contributed by atoms with Gasteiger partial charge in [-0.05, 0) is 48.2 Å². The Morgan fingerprint density at radius 3 is 2.76 bits per heavy atom. The molecule has 0 unspecified atom stereocenters. The van der Waals surface area contributed by atoms with Crippen molar-refractivity contribution in [2.75, 3.05) is 13.2 Å². The van der Waals surface area contributed by atoms with E-state index in [1.54, 1.807) is 0 Å². The Bertz CT molecular complexity index is 1660. The molecule has 1 aliphatic heterocycles. The number of aromatic nitrogens is 3. The van der Waals surface area contributed by atoms with Gasteiger partial charge >= 0.3 is 5.97 Å². The summed E-state index contributed by atoms with van der Waals surface area (Å²) < 4.78 is 16.0. The third-order valence-electron chi connectivity index (χ3n) is 7.57. The van der Waals surface area contributed by atoms with E-state index in [4.69, 9.17) is 14.6 Å². The molecule has 0 radical (unpaired) electrons. The highest BCUT2D eigenvalue weighted by Gasteiger charge is 2.27. The topological polar surface area (TPSA) is 78.5 Å². The molecule has 2 aromatic heterocycles. The second-order valence-corrected chi connectivity index (χ2v) is 9.88. The van der Waals surface area contributed by atoms with Crippen molar-refractivity contribution < 1.29 is 19.4 Å². The minimum atomic E-state index is -0.915. The highest BCUT2D eigenvalue weighted by atomic mass is 16.5. The Hall–Kier alpha value is -4.10. The van der Waals surface area contributed by atoms with Crippen LogP contribution in [0, 0.1) is 6.92 Å². The summed E-state index contributed by atoms with van der Waals surface area (Å²) in [5.41, 5.74) is 6.04. The summed E-state index contributed by atoms with van der Waals surface area (Å²) in [6.07, 6.45) is 2.17. The predicted molar refractivity (Wildman–Crippen MR) is 148 cm³/mol. The Balaban J connectivity index is 1.44. The first-order valence-electron chi connectivity index (χ1n) is 13.1. The van der Waals surface area contributed by atoms with Gasteiger partial charge < -0.3 is 19.1 Å². The van der Waals surface area contributed by atoms with E-state index in [1.165, 1.54) is 0 Å². The van der Waals surface area contributed by atoms with E-state index in [0.717, 1.165) is 68.3 Å².